The smallest absolute Gasteiger partial charge is 0.394 e. The van der Waals surface area contributed by atoms with Gasteiger partial charge in [0.05, 0.1) is 6.61 Å². The standard InChI is InChI=1S/C6H13NO3.H2O4S/c1-2-10-6(9)5(8)3-4-7;1-5(2,3)4/h5,8H,2-4,7H2,1H3;(H2,1,2,3,4)/t5-;/m0./s1. The number of hydrogen-bond donors (Lipinski definition) is 4. The number of ether oxygens (including phenoxy) is 1. The van der Waals surface area contributed by atoms with Crippen molar-refractivity contribution in [2.45, 2.75) is 19.4 Å². The van der Waals surface area contributed by atoms with Gasteiger partial charge in [0, 0.05) is 0 Å². The molecule has 15 heavy (non-hydrogen) atoms. The third-order valence-corrected chi connectivity index (χ3v) is 0.999. The molecule has 0 heterocycles. The maximum Gasteiger partial charge on any atom is 0.394 e. The van der Waals surface area contributed by atoms with Crippen LogP contribution in [0.1, 0.15) is 13.3 Å². The Balaban J connectivity index is 0. The first-order chi connectivity index (χ1) is 6.72. The molecule has 0 bridgehead atoms. The summed E-state index contributed by atoms with van der Waals surface area (Å²) in [7, 11) is -4.67. The Labute approximate surface area is 87.6 Å². The largest absolute Gasteiger partial charge is 0.464 e. The lowest BCUT2D eigenvalue weighted by molar-refractivity contribution is -0.153. The van der Waals surface area contributed by atoms with Gasteiger partial charge in [-0.25, -0.2) is 4.79 Å². The molecule has 0 aromatic carbocycles. The number of nitrogens with two attached hydrogens (primary N) is 1. The van der Waals surface area contributed by atoms with Crippen LogP contribution in [-0.4, -0.2) is 47.9 Å². The minimum absolute atomic E-state index is 0.263. The summed E-state index contributed by atoms with van der Waals surface area (Å²) in [6, 6.07) is 0. The molecule has 0 aliphatic carbocycles. The number of rotatable bonds is 4. The molecule has 5 N–H and O–H groups in total. The van der Waals surface area contributed by atoms with Crippen molar-refractivity contribution in [3.05, 3.63) is 0 Å². The van der Waals surface area contributed by atoms with E-state index in [-0.39, 0.29) is 6.42 Å². The van der Waals surface area contributed by atoms with Crippen molar-refractivity contribution in [2.24, 2.45) is 5.73 Å². The normalized spacial score (nSPS) is 12.3. The fourth-order valence-corrected chi connectivity index (χ4v) is 0.514. The van der Waals surface area contributed by atoms with Gasteiger partial charge in [0.25, 0.3) is 0 Å². The molecule has 0 aromatic rings. The number of esters is 1. The van der Waals surface area contributed by atoms with Crippen LogP contribution in [0.4, 0.5) is 0 Å². The minimum Gasteiger partial charge on any atom is -0.464 e. The average molecular weight is 245 g/mol. The van der Waals surface area contributed by atoms with Gasteiger partial charge in [0.2, 0.25) is 0 Å². The first kappa shape index (κ1) is 16.7. The summed E-state index contributed by atoms with van der Waals surface area (Å²) >= 11 is 0. The fraction of sp³-hybridized carbons (Fsp3) is 0.833. The van der Waals surface area contributed by atoms with Crippen molar-refractivity contribution < 1.29 is 32.2 Å². The van der Waals surface area contributed by atoms with Crippen molar-refractivity contribution in [1.29, 1.82) is 0 Å². The Kier molecular flexibility index (Phi) is 9.52. The van der Waals surface area contributed by atoms with E-state index in [0.717, 1.165) is 0 Å². The molecule has 0 saturated heterocycles. The van der Waals surface area contributed by atoms with Crippen molar-refractivity contribution >= 4 is 16.4 Å². The van der Waals surface area contributed by atoms with E-state index in [1.807, 2.05) is 0 Å². The van der Waals surface area contributed by atoms with Gasteiger partial charge in [-0.1, -0.05) is 0 Å². The summed E-state index contributed by atoms with van der Waals surface area (Å²) in [5.41, 5.74) is 5.10. The molecular formula is C6H15NO7S. The Bertz CT molecular complexity index is 255. The molecule has 0 saturated carbocycles. The fourth-order valence-electron chi connectivity index (χ4n) is 0.514. The van der Waals surface area contributed by atoms with E-state index in [9.17, 15) is 4.79 Å². The first-order valence-electron chi connectivity index (χ1n) is 3.97. The van der Waals surface area contributed by atoms with Crippen LogP contribution in [0.3, 0.4) is 0 Å². The van der Waals surface area contributed by atoms with Crippen LogP contribution in [-0.2, 0) is 19.9 Å². The van der Waals surface area contributed by atoms with Gasteiger partial charge in [-0.3, -0.25) is 9.11 Å². The summed E-state index contributed by atoms with van der Waals surface area (Å²) in [4.78, 5) is 10.6. The Morgan fingerprint density at radius 1 is 1.47 bits per heavy atom. The van der Waals surface area contributed by atoms with Crippen LogP contribution in [0, 0.1) is 0 Å². The molecule has 0 amide bonds. The van der Waals surface area contributed by atoms with E-state index >= 15 is 0 Å². The molecule has 0 aliphatic rings. The molecule has 0 spiro atoms. The second kappa shape index (κ2) is 8.56. The maximum atomic E-state index is 10.6. The molecular weight excluding hydrogens is 230 g/mol. The van der Waals surface area contributed by atoms with Gasteiger partial charge in [-0.2, -0.15) is 8.42 Å². The minimum atomic E-state index is -4.67. The highest BCUT2D eigenvalue weighted by atomic mass is 32.3. The van der Waals surface area contributed by atoms with Gasteiger partial charge in [-0.05, 0) is 19.9 Å². The molecule has 0 fully saturated rings. The molecule has 8 nitrogen and oxygen atoms in total. The quantitative estimate of drug-likeness (QED) is 0.349. The second-order valence-corrected chi connectivity index (χ2v) is 3.19. The van der Waals surface area contributed by atoms with Crippen LogP contribution in [0.5, 0.6) is 0 Å². The zero-order valence-corrected chi connectivity index (χ0v) is 8.98. The highest BCUT2D eigenvalue weighted by Gasteiger charge is 2.13. The molecule has 0 aromatic heterocycles. The molecule has 1 atom stereocenters. The number of hydrogen-bond acceptors (Lipinski definition) is 6. The summed E-state index contributed by atoms with van der Waals surface area (Å²) in [5, 5.41) is 8.89. The van der Waals surface area contributed by atoms with Gasteiger partial charge in [0.1, 0.15) is 0 Å². The Morgan fingerprint density at radius 3 is 2.13 bits per heavy atom. The summed E-state index contributed by atoms with van der Waals surface area (Å²) in [6.07, 6.45) is -0.788. The predicted octanol–water partition coefficient (Wildman–Crippen LogP) is -1.39. The molecule has 9 heteroatoms. The van der Waals surface area contributed by atoms with Crippen LogP contribution in [0.2, 0.25) is 0 Å². The number of carbonyl (C=O) groups is 1. The van der Waals surface area contributed by atoms with E-state index in [1.165, 1.54) is 0 Å². The lowest BCUT2D eigenvalue weighted by atomic mass is 10.2. The van der Waals surface area contributed by atoms with E-state index < -0.39 is 22.5 Å². The van der Waals surface area contributed by atoms with E-state index in [1.54, 1.807) is 6.92 Å². The predicted molar refractivity (Wildman–Crippen MR) is 50.5 cm³/mol. The summed E-state index contributed by atoms with van der Waals surface area (Å²) in [5.74, 6) is -0.590. The SMILES string of the molecule is CCOC(=O)[C@@H](O)CCN.O=S(=O)(O)O. The van der Waals surface area contributed by atoms with E-state index in [0.29, 0.717) is 13.2 Å². The zero-order valence-electron chi connectivity index (χ0n) is 8.16. The van der Waals surface area contributed by atoms with Crippen LogP contribution < -0.4 is 5.73 Å². The molecule has 0 radical (unpaired) electrons. The number of aliphatic hydroxyl groups is 1. The topological polar surface area (TPSA) is 147 Å². The van der Waals surface area contributed by atoms with Crippen LogP contribution >= 0.6 is 0 Å². The van der Waals surface area contributed by atoms with Gasteiger partial charge < -0.3 is 15.6 Å². The van der Waals surface area contributed by atoms with Gasteiger partial charge >= 0.3 is 16.4 Å². The van der Waals surface area contributed by atoms with Crippen LogP contribution in [0.15, 0.2) is 0 Å². The summed E-state index contributed by atoms with van der Waals surface area (Å²) in [6.45, 7) is 2.27. The second-order valence-electron chi connectivity index (χ2n) is 2.29. The third-order valence-electron chi connectivity index (χ3n) is 0.999. The lowest BCUT2D eigenvalue weighted by Crippen LogP contribution is -2.25. The van der Waals surface area contributed by atoms with E-state index in [2.05, 4.69) is 4.74 Å². The highest BCUT2D eigenvalue weighted by Crippen LogP contribution is 1.92. The zero-order chi connectivity index (χ0) is 12.5. The van der Waals surface area contributed by atoms with Crippen molar-refractivity contribution in [2.75, 3.05) is 13.2 Å². The molecule has 0 aliphatic heterocycles. The number of carbonyl (C=O) groups excluding carboxylic acids is 1. The van der Waals surface area contributed by atoms with Crippen molar-refractivity contribution in [1.82, 2.24) is 0 Å². The molecule has 0 unspecified atom stereocenters. The third kappa shape index (κ3) is 19.6. The number of aliphatic hydroxyl groups excluding tert-OH is 1. The van der Waals surface area contributed by atoms with Gasteiger partial charge in [0.15, 0.2) is 6.10 Å². The highest BCUT2D eigenvalue weighted by molar-refractivity contribution is 7.79. The maximum absolute atomic E-state index is 10.6. The monoisotopic (exact) mass is 245 g/mol. The Hall–Kier alpha value is -0.740. The van der Waals surface area contributed by atoms with Crippen molar-refractivity contribution in [3.8, 4) is 0 Å². The Morgan fingerprint density at radius 2 is 1.87 bits per heavy atom. The van der Waals surface area contributed by atoms with Gasteiger partial charge in [-0.15, -0.1) is 0 Å². The van der Waals surface area contributed by atoms with Crippen molar-refractivity contribution in [3.63, 3.8) is 0 Å². The average Bonchev–Trinajstić information content (AvgIpc) is 2.02. The lowest BCUT2D eigenvalue weighted by Gasteiger charge is -2.06. The molecule has 0 rings (SSSR count). The first-order valence-corrected chi connectivity index (χ1v) is 5.36. The summed E-state index contributed by atoms with van der Waals surface area (Å²) < 4.78 is 36.1. The van der Waals surface area contributed by atoms with Crippen LogP contribution in [0.25, 0.3) is 0 Å². The van der Waals surface area contributed by atoms with E-state index in [4.69, 9.17) is 28.4 Å². The molecule has 92 valence electrons.